The molecule has 1 saturated heterocycles. The Morgan fingerprint density at radius 2 is 2.00 bits per heavy atom. The van der Waals surface area contributed by atoms with Gasteiger partial charge in [0.2, 0.25) is 0 Å². The van der Waals surface area contributed by atoms with E-state index in [1.807, 2.05) is 12.4 Å². The van der Waals surface area contributed by atoms with Crippen molar-refractivity contribution in [2.24, 2.45) is 5.92 Å². The summed E-state index contributed by atoms with van der Waals surface area (Å²) in [6, 6.07) is 8.99. The van der Waals surface area contributed by atoms with Crippen molar-refractivity contribution in [1.82, 2.24) is 4.98 Å². The van der Waals surface area contributed by atoms with Gasteiger partial charge in [-0.2, -0.15) is 0 Å². The maximum Gasteiger partial charge on any atom is 0.136 e. The lowest BCUT2D eigenvalue weighted by Gasteiger charge is -2.46. The Hall–Kier alpha value is -2.26. The Labute approximate surface area is 184 Å². The summed E-state index contributed by atoms with van der Waals surface area (Å²) in [5, 5.41) is 2.49. The Kier molecular flexibility index (Phi) is 4.47. The van der Waals surface area contributed by atoms with E-state index in [9.17, 15) is 4.79 Å². The van der Waals surface area contributed by atoms with Crippen molar-refractivity contribution in [2.75, 3.05) is 0 Å². The van der Waals surface area contributed by atoms with Gasteiger partial charge in [-0.3, -0.25) is 9.78 Å². The molecule has 1 aromatic carbocycles. The van der Waals surface area contributed by atoms with Crippen molar-refractivity contribution in [3.63, 3.8) is 0 Å². The third kappa shape index (κ3) is 3.04. The minimum absolute atomic E-state index is 0.191. The number of carbonyl (C=O) groups excluding carboxylic acids is 1. The van der Waals surface area contributed by atoms with Gasteiger partial charge in [-0.25, -0.2) is 0 Å². The second-order valence-electron chi connectivity index (χ2n) is 10.3. The van der Waals surface area contributed by atoms with E-state index in [2.05, 4.69) is 48.3 Å². The van der Waals surface area contributed by atoms with Crippen LogP contribution in [-0.4, -0.2) is 22.0 Å². The number of carbonyl (C=O) groups is 1. The van der Waals surface area contributed by atoms with Gasteiger partial charge in [0.05, 0.1) is 11.2 Å². The maximum atomic E-state index is 12.3. The van der Waals surface area contributed by atoms with Crippen LogP contribution in [0.1, 0.15) is 76.2 Å². The number of rotatable bonds is 1. The molecule has 160 valence electrons. The number of hydrogen-bond donors (Lipinski definition) is 0. The zero-order valence-electron chi connectivity index (χ0n) is 18.4. The van der Waals surface area contributed by atoms with E-state index >= 15 is 0 Å². The first-order chi connectivity index (χ1) is 15.1. The van der Waals surface area contributed by atoms with E-state index in [-0.39, 0.29) is 11.2 Å². The van der Waals surface area contributed by atoms with Gasteiger partial charge >= 0.3 is 0 Å². The van der Waals surface area contributed by atoms with E-state index in [4.69, 9.17) is 4.74 Å². The smallest absolute Gasteiger partial charge is 0.136 e. The highest BCUT2D eigenvalue weighted by atomic mass is 16.5. The lowest BCUT2D eigenvalue weighted by Crippen LogP contribution is -2.48. The summed E-state index contributed by atoms with van der Waals surface area (Å²) in [5.41, 5.74) is 3.75. The fourth-order valence-corrected chi connectivity index (χ4v) is 6.75. The molecule has 3 heterocycles. The van der Waals surface area contributed by atoms with E-state index in [0.717, 1.165) is 32.1 Å². The van der Waals surface area contributed by atoms with Crippen LogP contribution in [0.3, 0.4) is 0 Å². The third-order valence-electron chi connectivity index (χ3n) is 8.60. The van der Waals surface area contributed by atoms with Crippen molar-refractivity contribution in [3.05, 3.63) is 65.5 Å². The number of pyridine rings is 1. The van der Waals surface area contributed by atoms with Crippen LogP contribution in [0.25, 0.3) is 10.8 Å². The Morgan fingerprint density at radius 3 is 2.94 bits per heavy atom. The van der Waals surface area contributed by atoms with Crippen molar-refractivity contribution in [1.29, 1.82) is 0 Å². The molecule has 1 saturated carbocycles. The Morgan fingerprint density at radius 1 is 1.06 bits per heavy atom. The number of hydrogen-bond acceptors (Lipinski definition) is 3. The number of ketones is 1. The average molecular weight is 414 g/mol. The first kappa shape index (κ1) is 19.4. The monoisotopic (exact) mass is 413 g/mol. The maximum absolute atomic E-state index is 12.3. The number of nitrogens with zero attached hydrogens (tertiary/aromatic N) is 1. The standard InChI is InChI=1S/C28H31NO2/c1-19-5-6-20(22-8-7-21-11-14-29-18-23(21)15-22)3-2-4-25-16-24-9-10-26(30)17-27(24)12-13-28(19,25)31-27/h4,7-8,11,14-16,18-20H,2-3,5-6,9-10,12-13,17H2,1H3/b25-4-/t19-,20+,27+,28-/m0/s1. The largest absolute Gasteiger partial charge is 0.359 e. The minimum atomic E-state index is -0.292. The van der Waals surface area contributed by atoms with Gasteiger partial charge < -0.3 is 4.74 Å². The third-order valence-corrected chi connectivity index (χ3v) is 8.60. The lowest BCUT2D eigenvalue weighted by atomic mass is 9.75. The second-order valence-corrected chi connectivity index (χ2v) is 10.3. The summed E-state index contributed by atoms with van der Waals surface area (Å²) >= 11 is 0. The fraction of sp³-hybridized carbons (Fsp3) is 0.500. The molecule has 6 rings (SSSR count). The molecule has 3 nitrogen and oxygen atoms in total. The van der Waals surface area contributed by atoms with Gasteiger partial charge in [-0.1, -0.05) is 31.2 Å². The van der Waals surface area contributed by atoms with Gasteiger partial charge in [-0.05, 0) is 91.0 Å². The van der Waals surface area contributed by atoms with Gasteiger partial charge in [-0.15, -0.1) is 0 Å². The second kappa shape index (κ2) is 7.13. The van der Waals surface area contributed by atoms with E-state index in [0.29, 0.717) is 30.5 Å². The predicted molar refractivity (Wildman–Crippen MR) is 123 cm³/mol. The summed E-state index contributed by atoms with van der Waals surface area (Å²) in [6.07, 6.45) is 17.6. The number of aromatic nitrogens is 1. The van der Waals surface area contributed by atoms with E-state index in [1.54, 1.807) is 0 Å². The van der Waals surface area contributed by atoms with Gasteiger partial charge in [0.1, 0.15) is 5.78 Å². The van der Waals surface area contributed by atoms with E-state index < -0.39 is 0 Å². The summed E-state index contributed by atoms with van der Waals surface area (Å²) < 4.78 is 6.99. The topological polar surface area (TPSA) is 39.2 Å². The molecule has 4 aliphatic rings. The molecular weight excluding hydrogens is 382 g/mol. The average Bonchev–Trinajstić information content (AvgIpc) is 3.13. The summed E-state index contributed by atoms with van der Waals surface area (Å²) in [4.78, 5) is 16.6. The molecule has 2 spiro atoms. The van der Waals surface area contributed by atoms with Crippen LogP contribution in [-0.2, 0) is 9.53 Å². The molecule has 2 aliphatic heterocycles. The summed E-state index contributed by atoms with van der Waals surface area (Å²) in [5.74, 6) is 1.39. The van der Waals surface area contributed by atoms with Crippen LogP contribution < -0.4 is 0 Å². The van der Waals surface area contributed by atoms with Crippen LogP contribution >= 0.6 is 0 Å². The number of fused-ring (bicyclic) bond motifs is 1. The molecule has 0 unspecified atom stereocenters. The highest BCUT2D eigenvalue weighted by molar-refractivity contribution is 5.83. The minimum Gasteiger partial charge on any atom is -0.359 e. The zero-order chi connectivity index (χ0) is 21.1. The van der Waals surface area contributed by atoms with E-state index in [1.165, 1.54) is 40.3 Å². The molecule has 2 fully saturated rings. The van der Waals surface area contributed by atoms with Gasteiger partial charge in [0, 0.05) is 30.6 Å². The number of allylic oxidation sites excluding steroid dienone is 1. The van der Waals surface area contributed by atoms with Crippen molar-refractivity contribution >= 4 is 16.6 Å². The molecule has 0 radical (unpaired) electrons. The molecule has 2 aliphatic carbocycles. The van der Waals surface area contributed by atoms with Crippen molar-refractivity contribution < 1.29 is 9.53 Å². The highest BCUT2D eigenvalue weighted by Crippen LogP contribution is 2.58. The molecule has 2 aromatic rings. The van der Waals surface area contributed by atoms with Crippen LogP contribution in [0.15, 0.2) is 60.0 Å². The summed E-state index contributed by atoms with van der Waals surface area (Å²) in [7, 11) is 0. The molecular formula is C28H31NO2. The quantitative estimate of drug-likeness (QED) is 0.540. The number of benzene rings is 1. The fourth-order valence-electron chi connectivity index (χ4n) is 6.75. The Bertz CT molecular complexity index is 1110. The summed E-state index contributed by atoms with van der Waals surface area (Å²) in [6.45, 7) is 2.38. The number of Topliss-reactive ketones (excluding diaryl/α,β-unsaturated/α-hetero) is 1. The van der Waals surface area contributed by atoms with Crippen LogP contribution in [0.2, 0.25) is 0 Å². The SMILES string of the molecule is C[C@H]1CC[C@H](c2ccc3ccncc3c2)CC/C=C2/C=C3CCC(=O)C[C@]34CC[C@@]21O4. The first-order valence-corrected chi connectivity index (χ1v) is 12.1. The highest BCUT2D eigenvalue weighted by Gasteiger charge is 2.58. The molecule has 0 N–H and O–H groups in total. The molecule has 2 bridgehead atoms. The zero-order valence-corrected chi connectivity index (χ0v) is 18.4. The Balaban J connectivity index is 1.32. The molecule has 4 atom stereocenters. The van der Waals surface area contributed by atoms with Crippen molar-refractivity contribution in [2.45, 2.75) is 81.8 Å². The molecule has 1 aromatic heterocycles. The molecule has 3 heteroatoms. The first-order valence-electron chi connectivity index (χ1n) is 12.1. The lowest BCUT2D eigenvalue weighted by molar-refractivity contribution is -0.137. The van der Waals surface area contributed by atoms with Crippen LogP contribution in [0.5, 0.6) is 0 Å². The van der Waals surface area contributed by atoms with Crippen LogP contribution in [0.4, 0.5) is 0 Å². The van der Waals surface area contributed by atoms with Crippen LogP contribution in [0, 0.1) is 5.92 Å². The van der Waals surface area contributed by atoms with Gasteiger partial charge in [0.15, 0.2) is 0 Å². The predicted octanol–water partition coefficient (Wildman–Crippen LogP) is 6.44. The normalized spacial score (nSPS) is 37.0. The van der Waals surface area contributed by atoms with Crippen molar-refractivity contribution in [3.8, 4) is 0 Å². The van der Waals surface area contributed by atoms with Gasteiger partial charge in [0.25, 0.3) is 0 Å². The number of ether oxygens (including phenoxy) is 1. The molecule has 31 heavy (non-hydrogen) atoms. The molecule has 0 amide bonds.